The molecule has 1 aliphatic rings. The van der Waals surface area contributed by atoms with Crippen LogP contribution in [0.4, 0.5) is 0 Å². The van der Waals surface area contributed by atoms with E-state index >= 15 is 0 Å². The van der Waals surface area contributed by atoms with E-state index in [4.69, 9.17) is 9.16 Å². The zero-order valence-electron chi connectivity index (χ0n) is 14.6. The highest BCUT2D eigenvalue weighted by Crippen LogP contribution is 2.33. The molecule has 1 saturated heterocycles. The molecular formula is C17H36O2Si. The lowest BCUT2D eigenvalue weighted by molar-refractivity contribution is 0.0626. The normalized spacial score (nSPS) is 20.6. The van der Waals surface area contributed by atoms with Gasteiger partial charge in [0.1, 0.15) is 0 Å². The Balaban J connectivity index is 2.70. The Kier molecular flexibility index (Phi) is 7.77. The van der Waals surface area contributed by atoms with E-state index in [1.807, 2.05) is 0 Å². The molecule has 0 N–H and O–H groups in total. The minimum Gasteiger partial charge on any atom is -0.414 e. The van der Waals surface area contributed by atoms with E-state index in [1.54, 1.807) is 0 Å². The molecule has 1 rings (SSSR count). The van der Waals surface area contributed by atoms with Crippen LogP contribution in [0.15, 0.2) is 0 Å². The van der Waals surface area contributed by atoms with Crippen molar-refractivity contribution in [2.45, 2.75) is 78.6 Å². The third-order valence-corrected chi connectivity index (χ3v) is 9.40. The molecule has 0 radical (unpaired) electrons. The fourth-order valence-electron chi connectivity index (χ4n) is 3.70. The van der Waals surface area contributed by atoms with E-state index in [-0.39, 0.29) is 0 Å². The molecule has 1 fully saturated rings. The molecule has 0 aromatic rings. The first kappa shape index (κ1) is 18.2. The minimum absolute atomic E-state index is 0.369. The van der Waals surface area contributed by atoms with Gasteiger partial charge in [-0.15, -0.1) is 0 Å². The maximum Gasteiger partial charge on any atom is 0.193 e. The largest absolute Gasteiger partial charge is 0.414 e. The molecule has 3 heteroatoms. The summed E-state index contributed by atoms with van der Waals surface area (Å²) in [7, 11) is -1.63. The first-order valence-electron chi connectivity index (χ1n) is 8.58. The molecule has 0 aromatic heterocycles. The monoisotopic (exact) mass is 300 g/mol. The van der Waals surface area contributed by atoms with Crippen molar-refractivity contribution in [2.75, 3.05) is 13.2 Å². The van der Waals surface area contributed by atoms with Crippen LogP contribution in [-0.2, 0) is 9.16 Å². The second-order valence-corrected chi connectivity index (χ2v) is 11.8. The average Bonchev–Trinajstić information content (AvgIpc) is 2.75. The summed E-state index contributed by atoms with van der Waals surface area (Å²) in [6.07, 6.45) is 2.77. The molecule has 0 bridgehead atoms. The van der Waals surface area contributed by atoms with Crippen molar-refractivity contribution in [2.24, 2.45) is 17.8 Å². The summed E-state index contributed by atoms with van der Waals surface area (Å²) in [5, 5.41) is 0. The molecular weight excluding hydrogens is 264 g/mol. The minimum atomic E-state index is -1.63. The van der Waals surface area contributed by atoms with Crippen molar-refractivity contribution in [1.82, 2.24) is 0 Å². The third-order valence-electron chi connectivity index (χ3n) is 3.94. The van der Waals surface area contributed by atoms with Crippen molar-refractivity contribution in [1.29, 1.82) is 0 Å². The number of hydrogen-bond donors (Lipinski definition) is 0. The predicted octanol–water partition coefficient (Wildman–Crippen LogP) is 5.10. The Labute approximate surface area is 127 Å². The molecule has 0 aromatic carbocycles. The SMILES string of the molecule is CC(C)C[Si](CC(C)C)(CC(C)C)OCC1CCCO1. The Morgan fingerprint density at radius 1 is 0.950 bits per heavy atom. The molecule has 1 aliphatic heterocycles. The Morgan fingerprint density at radius 2 is 1.45 bits per heavy atom. The van der Waals surface area contributed by atoms with Crippen LogP contribution in [0.5, 0.6) is 0 Å². The van der Waals surface area contributed by atoms with Crippen LogP contribution in [0.25, 0.3) is 0 Å². The van der Waals surface area contributed by atoms with Gasteiger partial charge in [-0.25, -0.2) is 0 Å². The van der Waals surface area contributed by atoms with Crippen LogP contribution < -0.4 is 0 Å². The van der Waals surface area contributed by atoms with Crippen molar-refractivity contribution < 1.29 is 9.16 Å². The molecule has 0 amide bonds. The quantitative estimate of drug-likeness (QED) is 0.552. The third kappa shape index (κ3) is 6.73. The van der Waals surface area contributed by atoms with Gasteiger partial charge in [-0.05, 0) is 48.7 Å². The van der Waals surface area contributed by atoms with Crippen LogP contribution in [0.3, 0.4) is 0 Å². The lowest BCUT2D eigenvalue weighted by atomic mass is 10.2. The molecule has 0 spiro atoms. The topological polar surface area (TPSA) is 18.5 Å². The summed E-state index contributed by atoms with van der Waals surface area (Å²) in [5.74, 6) is 2.22. The van der Waals surface area contributed by atoms with Gasteiger partial charge >= 0.3 is 0 Å². The van der Waals surface area contributed by atoms with Gasteiger partial charge < -0.3 is 9.16 Å². The van der Waals surface area contributed by atoms with Gasteiger partial charge in [-0.1, -0.05) is 41.5 Å². The summed E-state index contributed by atoms with van der Waals surface area (Å²) >= 11 is 0. The highest BCUT2D eigenvalue weighted by atomic mass is 28.4. The zero-order valence-corrected chi connectivity index (χ0v) is 15.6. The molecule has 1 atom stereocenters. The second-order valence-electron chi connectivity index (χ2n) is 7.92. The molecule has 120 valence electrons. The van der Waals surface area contributed by atoms with Crippen molar-refractivity contribution in [3.63, 3.8) is 0 Å². The van der Waals surface area contributed by atoms with Gasteiger partial charge in [0, 0.05) is 6.61 Å². The Hall–Kier alpha value is 0.137. The molecule has 0 saturated carbocycles. The number of hydrogen-bond acceptors (Lipinski definition) is 2. The summed E-state index contributed by atoms with van der Waals surface area (Å²) in [4.78, 5) is 0. The number of ether oxygens (including phenoxy) is 1. The standard InChI is InChI=1S/C17H36O2Si/c1-14(2)11-20(12-15(3)4,13-16(5)6)19-10-17-8-7-9-18-17/h14-17H,7-13H2,1-6H3. The van der Waals surface area contributed by atoms with E-state index in [9.17, 15) is 0 Å². The maximum absolute atomic E-state index is 6.66. The Morgan fingerprint density at radius 3 is 1.80 bits per heavy atom. The molecule has 1 unspecified atom stereocenters. The highest BCUT2D eigenvalue weighted by Gasteiger charge is 2.38. The first-order chi connectivity index (χ1) is 9.33. The van der Waals surface area contributed by atoms with Crippen LogP contribution in [0, 0.1) is 17.8 Å². The summed E-state index contributed by atoms with van der Waals surface area (Å²) in [6, 6.07) is 3.90. The average molecular weight is 301 g/mol. The van der Waals surface area contributed by atoms with Gasteiger partial charge in [0.2, 0.25) is 0 Å². The van der Waals surface area contributed by atoms with Crippen molar-refractivity contribution in [3.05, 3.63) is 0 Å². The molecule has 2 nitrogen and oxygen atoms in total. The predicted molar refractivity (Wildman–Crippen MR) is 89.6 cm³/mol. The van der Waals surface area contributed by atoms with Crippen LogP contribution in [-0.4, -0.2) is 27.6 Å². The van der Waals surface area contributed by atoms with E-state index in [1.165, 1.54) is 31.0 Å². The van der Waals surface area contributed by atoms with Crippen molar-refractivity contribution in [3.8, 4) is 0 Å². The summed E-state index contributed by atoms with van der Waals surface area (Å²) in [5.41, 5.74) is 0. The van der Waals surface area contributed by atoms with E-state index in [2.05, 4.69) is 41.5 Å². The highest BCUT2D eigenvalue weighted by molar-refractivity contribution is 6.74. The van der Waals surface area contributed by atoms with Gasteiger partial charge in [-0.3, -0.25) is 0 Å². The first-order valence-corrected chi connectivity index (χ1v) is 11.1. The molecule has 0 aliphatic carbocycles. The second kappa shape index (κ2) is 8.55. The van der Waals surface area contributed by atoms with Crippen LogP contribution in [0.1, 0.15) is 54.4 Å². The Bertz CT molecular complexity index is 231. The van der Waals surface area contributed by atoms with E-state index in [0.717, 1.165) is 31.0 Å². The maximum atomic E-state index is 6.66. The molecule has 20 heavy (non-hydrogen) atoms. The number of rotatable bonds is 9. The molecule has 1 heterocycles. The fraction of sp³-hybridized carbons (Fsp3) is 1.00. The van der Waals surface area contributed by atoms with Gasteiger partial charge in [0.25, 0.3) is 0 Å². The van der Waals surface area contributed by atoms with E-state index < -0.39 is 8.32 Å². The van der Waals surface area contributed by atoms with Crippen molar-refractivity contribution >= 4 is 8.32 Å². The van der Waals surface area contributed by atoms with Gasteiger partial charge in [-0.2, -0.15) is 0 Å². The summed E-state index contributed by atoms with van der Waals surface area (Å²) < 4.78 is 12.4. The van der Waals surface area contributed by atoms with E-state index in [0.29, 0.717) is 6.10 Å². The zero-order chi connectivity index (χ0) is 15.2. The van der Waals surface area contributed by atoms with Gasteiger partial charge in [0.15, 0.2) is 8.32 Å². The lowest BCUT2D eigenvalue weighted by Crippen LogP contribution is -2.44. The smallest absolute Gasteiger partial charge is 0.193 e. The van der Waals surface area contributed by atoms with Crippen LogP contribution >= 0.6 is 0 Å². The van der Waals surface area contributed by atoms with Gasteiger partial charge in [0.05, 0.1) is 12.7 Å². The van der Waals surface area contributed by atoms with Crippen LogP contribution in [0.2, 0.25) is 18.1 Å². The fourth-order valence-corrected chi connectivity index (χ4v) is 9.56. The lowest BCUT2D eigenvalue weighted by Gasteiger charge is -2.36. The summed E-state index contributed by atoms with van der Waals surface area (Å²) in [6.45, 7) is 15.8.